The molecule has 98 valence electrons. The lowest BCUT2D eigenvalue weighted by Crippen LogP contribution is -2.51. The molecule has 1 fully saturated rings. The Hall–Kier alpha value is -1.71. The van der Waals surface area contributed by atoms with Gasteiger partial charge in [-0.05, 0) is 45.2 Å². The molecule has 0 atom stereocenters. The maximum Gasteiger partial charge on any atom is 0.257 e. The monoisotopic (exact) mass is 248 g/mol. The molecule has 4 heteroatoms. The molecule has 0 bridgehead atoms. The fourth-order valence-corrected chi connectivity index (χ4v) is 2.24. The largest absolute Gasteiger partial charge is 0.493 e. The molecular formula is C14H20N2O2. The fraction of sp³-hybridized carbons (Fsp3) is 0.500. The van der Waals surface area contributed by atoms with E-state index < -0.39 is 0 Å². The van der Waals surface area contributed by atoms with Crippen molar-refractivity contribution >= 4 is 11.6 Å². The Kier molecular flexibility index (Phi) is 3.45. The zero-order valence-corrected chi connectivity index (χ0v) is 11.0. The highest BCUT2D eigenvalue weighted by Crippen LogP contribution is 2.32. The van der Waals surface area contributed by atoms with Gasteiger partial charge < -0.3 is 15.8 Å². The number of amides is 1. The van der Waals surface area contributed by atoms with Crippen LogP contribution in [0, 0.1) is 0 Å². The third kappa shape index (κ3) is 2.42. The molecule has 2 rings (SSSR count). The Bertz CT molecular complexity index is 453. The predicted molar refractivity (Wildman–Crippen MR) is 71.7 cm³/mol. The molecule has 1 aromatic rings. The van der Waals surface area contributed by atoms with Crippen LogP contribution in [0.4, 0.5) is 5.69 Å². The van der Waals surface area contributed by atoms with Crippen LogP contribution in [0.5, 0.6) is 5.75 Å². The predicted octanol–water partition coefficient (Wildman–Crippen LogP) is 2.34. The molecule has 0 spiro atoms. The molecule has 18 heavy (non-hydrogen) atoms. The number of carbonyl (C=O) groups excluding carboxylic acids is 1. The lowest BCUT2D eigenvalue weighted by Gasteiger charge is -2.39. The van der Waals surface area contributed by atoms with E-state index in [4.69, 9.17) is 10.5 Å². The summed E-state index contributed by atoms with van der Waals surface area (Å²) in [6.45, 7) is 4.47. The lowest BCUT2D eigenvalue weighted by atomic mass is 9.78. The van der Waals surface area contributed by atoms with Gasteiger partial charge in [0.25, 0.3) is 5.91 Å². The first-order valence-corrected chi connectivity index (χ1v) is 6.39. The second kappa shape index (κ2) is 4.88. The quantitative estimate of drug-likeness (QED) is 0.804. The lowest BCUT2D eigenvalue weighted by molar-refractivity contribution is 0.0847. The van der Waals surface area contributed by atoms with Crippen molar-refractivity contribution in [2.45, 2.75) is 38.6 Å². The molecule has 1 saturated carbocycles. The van der Waals surface area contributed by atoms with Crippen molar-refractivity contribution in [3.05, 3.63) is 23.8 Å². The average Bonchev–Trinajstić information content (AvgIpc) is 2.27. The van der Waals surface area contributed by atoms with Gasteiger partial charge in [-0.15, -0.1) is 0 Å². The minimum atomic E-state index is -0.140. The highest BCUT2D eigenvalue weighted by atomic mass is 16.5. The molecule has 1 aliphatic rings. The van der Waals surface area contributed by atoms with Crippen LogP contribution in [0.25, 0.3) is 0 Å². The van der Waals surface area contributed by atoms with Crippen molar-refractivity contribution < 1.29 is 9.53 Å². The van der Waals surface area contributed by atoms with Gasteiger partial charge in [-0.3, -0.25) is 4.79 Å². The summed E-state index contributed by atoms with van der Waals surface area (Å²) in [5.74, 6) is 0.414. The van der Waals surface area contributed by atoms with Gasteiger partial charge >= 0.3 is 0 Å². The van der Waals surface area contributed by atoms with Crippen LogP contribution >= 0.6 is 0 Å². The smallest absolute Gasteiger partial charge is 0.257 e. The van der Waals surface area contributed by atoms with Crippen molar-refractivity contribution in [1.82, 2.24) is 5.32 Å². The minimum Gasteiger partial charge on any atom is -0.493 e. The van der Waals surface area contributed by atoms with Gasteiger partial charge in [0.2, 0.25) is 0 Å². The average molecular weight is 248 g/mol. The molecule has 0 aromatic heterocycles. The molecule has 0 radical (unpaired) electrons. The van der Waals surface area contributed by atoms with E-state index in [0.29, 0.717) is 23.6 Å². The first-order chi connectivity index (χ1) is 8.56. The molecular weight excluding hydrogens is 228 g/mol. The van der Waals surface area contributed by atoms with Crippen molar-refractivity contribution in [2.75, 3.05) is 12.3 Å². The fourth-order valence-electron chi connectivity index (χ4n) is 2.24. The number of nitrogen functional groups attached to an aromatic ring is 1. The van der Waals surface area contributed by atoms with Crippen LogP contribution < -0.4 is 15.8 Å². The molecule has 4 nitrogen and oxygen atoms in total. The summed E-state index contributed by atoms with van der Waals surface area (Å²) >= 11 is 0. The SMILES string of the molecule is CCOc1cccc(N)c1C(=O)NC1(C)CCC1. The van der Waals surface area contributed by atoms with E-state index in [1.807, 2.05) is 6.92 Å². The number of ether oxygens (including phenoxy) is 1. The van der Waals surface area contributed by atoms with Gasteiger partial charge in [-0.2, -0.15) is 0 Å². The van der Waals surface area contributed by atoms with Gasteiger partial charge in [0.05, 0.1) is 6.61 Å². The highest BCUT2D eigenvalue weighted by molar-refractivity contribution is 6.02. The number of rotatable bonds is 4. The zero-order chi connectivity index (χ0) is 13.2. The normalized spacial score (nSPS) is 16.8. The molecule has 1 aromatic carbocycles. The summed E-state index contributed by atoms with van der Waals surface area (Å²) in [6, 6.07) is 5.29. The van der Waals surface area contributed by atoms with E-state index in [1.54, 1.807) is 18.2 Å². The maximum atomic E-state index is 12.3. The van der Waals surface area contributed by atoms with Crippen LogP contribution in [0.1, 0.15) is 43.5 Å². The maximum absolute atomic E-state index is 12.3. The van der Waals surface area contributed by atoms with E-state index in [9.17, 15) is 4.79 Å². The summed E-state index contributed by atoms with van der Waals surface area (Å²) in [7, 11) is 0. The van der Waals surface area contributed by atoms with Gasteiger partial charge in [0, 0.05) is 11.2 Å². The van der Waals surface area contributed by atoms with Gasteiger partial charge in [-0.1, -0.05) is 6.07 Å². The van der Waals surface area contributed by atoms with E-state index in [-0.39, 0.29) is 11.4 Å². The molecule has 0 saturated heterocycles. The van der Waals surface area contributed by atoms with Crippen LogP contribution in [0.3, 0.4) is 0 Å². The summed E-state index contributed by atoms with van der Waals surface area (Å²) in [5.41, 5.74) is 6.72. The highest BCUT2D eigenvalue weighted by Gasteiger charge is 2.34. The summed E-state index contributed by atoms with van der Waals surface area (Å²) in [4.78, 5) is 12.3. The second-order valence-corrected chi connectivity index (χ2v) is 5.02. The Morgan fingerprint density at radius 1 is 1.50 bits per heavy atom. The number of anilines is 1. The number of nitrogens with two attached hydrogens (primary N) is 1. The van der Waals surface area contributed by atoms with E-state index >= 15 is 0 Å². The van der Waals surface area contributed by atoms with Gasteiger partial charge in [0.15, 0.2) is 0 Å². The molecule has 0 aliphatic heterocycles. The van der Waals surface area contributed by atoms with E-state index in [0.717, 1.165) is 12.8 Å². The van der Waals surface area contributed by atoms with Crippen LogP contribution in [0.15, 0.2) is 18.2 Å². The summed E-state index contributed by atoms with van der Waals surface area (Å²) in [6.07, 6.45) is 3.21. The molecule has 3 N–H and O–H groups in total. The van der Waals surface area contributed by atoms with Crippen LogP contribution in [-0.4, -0.2) is 18.1 Å². The number of carbonyl (C=O) groups is 1. The first kappa shape index (κ1) is 12.7. The molecule has 0 heterocycles. The Morgan fingerprint density at radius 2 is 2.22 bits per heavy atom. The molecule has 1 aliphatic carbocycles. The van der Waals surface area contributed by atoms with Crippen molar-refractivity contribution in [2.24, 2.45) is 0 Å². The Labute approximate surface area is 108 Å². The molecule has 0 unspecified atom stereocenters. The number of hydrogen-bond donors (Lipinski definition) is 2. The molecule has 1 amide bonds. The third-order valence-corrected chi connectivity index (χ3v) is 3.46. The van der Waals surface area contributed by atoms with Gasteiger partial charge in [0.1, 0.15) is 11.3 Å². The van der Waals surface area contributed by atoms with Crippen molar-refractivity contribution in [3.8, 4) is 5.75 Å². The minimum absolute atomic E-state index is 0.0805. The number of nitrogens with one attached hydrogen (secondary N) is 1. The second-order valence-electron chi connectivity index (χ2n) is 5.02. The van der Waals surface area contributed by atoms with Crippen LogP contribution in [-0.2, 0) is 0 Å². The third-order valence-electron chi connectivity index (χ3n) is 3.46. The zero-order valence-electron chi connectivity index (χ0n) is 11.0. The Balaban J connectivity index is 2.23. The van der Waals surface area contributed by atoms with Crippen LogP contribution in [0.2, 0.25) is 0 Å². The topological polar surface area (TPSA) is 64.3 Å². The number of benzene rings is 1. The van der Waals surface area contributed by atoms with E-state index in [2.05, 4.69) is 12.2 Å². The first-order valence-electron chi connectivity index (χ1n) is 6.39. The summed E-state index contributed by atoms with van der Waals surface area (Å²) in [5, 5.41) is 3.05. The number of hydrogen-bond acceptors (Lipinski definition) is 3. The Morgan fingerprint density at radius 3 is 2.78 bits per heavy atom. The van der Waals surface area contributed by atoms with Crippen molar-refractivity contribution in [1.29, 1.82) is 0 Å². The van der Waals surface area contributed by atoms with Gasteiger partial charge in [-0.25, -0.2) is 0 Å². The standard InChI is InChI=1S/C14H20N2O2/c1-3-18-11-7-4-6-10(15)12(11)13(17)16-14(2)8-5-9-14/h4,6-7H,3,5,8-9,15H2,1-2H3,(H,16,17). The summed E-state index contributed by atoms with van der Waals surface area (Å²) < 4.78 is 5.46. The van der Waals surface area contributed by atoms with E-state index in [1.165, 1.54) is 6.42 Å². The van der Waals surface area contributed by atoms with Crippen molar-refractivity contribution in [3.63, 3.8) is 0 Å².